The Hall–Kier alpha value is -1.78. The van der Waals surface area contributed by atoms with E-state index in [1.165, 1.54) is 38.2 Å². The Morgan fingerprint density at radius 3 is 1.79 bits per heavy atom. The van der Waals surface area contributed by atoms with Crippen LogP contribution in [0.3, 0.4) is 0 Å². The molecule has 0 amide bonds. The second-order valence-corrected chi connectivity index (χ2v) is 13.9. The van der Waals surface area contributed by atoms with Gasteiger partial charge in [0.1, 0.15) is 0 Å². The van der Waals surface area contributed by atoms with Gasteiger partial charge in [-0.25, -0.2) is 0 Å². The molecule has 1 spiro atoms. The first-order valence-electron chi connectivity index (χ1n) is 15.6. The highest BCUT2D eigenvalue weighted by Gasteiger charge is 2.63. The fraction of sp³-hybridized carbons (Fsp3) is 0.758. The lowest BCUT2D eigenvalue weighted by Crippen LogP contribution is -2.50. The first-order valence-corrected chi connectivity index (χ1v) is 15.6. The molecule has 242 valence electrons. The van der Waals surface area contributed by atoms with Gasteiger partial charge in [-0.2, -0.15) is 26.3 Å². The molecule has 4 fully saturated rings. The van der Waals surface area contributed by atoms with Crippen molar-refractivity contribution in [3.05, 3.63) is 48.8 Å². The largest absolute Gasteiger partial charge is 0.502 e. The number of fused-ring (bicyclic) bond motifs is 7. The van der Waals surface area contributed by atoms with E-state index in [1.54, 1.807) is 12.3 Å². The van der Waals surface area contributed by atoms with Crippen LogP contribution in [0, 0.1) is 46.8 Å². The van der Waals surface area contributed by atoms with Crippen LogP contribution in [-0.2, 0) is 9.47 Å². The number of alkyl halides is 6. The minimum absolute atomic E-state index is 0.0679. The molecule has 0 radical (unpaired) electrons. The van der Waals surface area contributed by atoms with Gasteiger partial charge in [-0.15, -0.1) is 0 Å². The van der Waals surface area contributed by atoms with E-state index in [0.29, 0.717) is 18.3 Å². The van der Waals surface area contributed by atoms with Gasteiger partial charge >= 0.3 is 12.4 Å². The Labute approximate surface area is 249 Å². The summed E-state index contributed by atoms with van der Waals surface area (Å²) in [5, 5.41) is 18.9. The molecule has 1 saturated heterocycles. The van der Waals surface area contributed by atoms with Crippen LogP contribution in [0.25, 0.3) is 0 Å². The van der Waals surface area contributed by atoms with Crippen LogP contribution in [0.5, 0.6) is 0 Å². The molecular weight excluding hydrogens is 574 g/mol. The third-order valence-electron chi connectivity index (χ3n) is 11.0. The molecule has 43 heavy (non-hydrogen) atoms. The molecule has 10 heteroatoms. The Morgan fingerprint density at radius 2 is 1.47 bits per heavy atom. The van der Waals surface area contributed by atoms with Crippen molar-refractivity contribution in [3.63, 3.8) is 0 Å². The Balaban J connectivity index is 0.000000118. The maximum atomic E-state index is 12.5. The number of aliphatic hydroxyl groups is 2. The lowest BCUT2D eigenvalue weighted by Gasteiger charge is -2.35. The van der Waals surface area contributed by atoms with Crippen LogP contribution < -0.4 is 0 Å². The van der Waals surface area contributed by atoms with Crippen molar-refractivity contribution < 1.29 is 46.0 Å². The molecule has 8 aliphatic rings. The number of halogens is 6. The zero-order chi connectivity index (χ0) is 31.1. The number of allylic oxidation sites excluding steroid dienone is 6. The summed E-state index contributed by atoms with van der Waals surface area (Å²) in [4.78, 5) is 0. The number of ether oxygens (including phenoxy) is 2. The lowest BCUT2D eigenvalue weighted by atomic mass is 9.75. The molecule has 4 nitrogen and oxygen atoms in total. The van der Waals surface area contributed by atoms with Crippen molar-refractivity contribution >= 4 is 0 Å². The van der Waals surface area contributed by atoms with Gasteiger partial charge in [0.2, 0.25) is 0 Å². The van der Waals surface area contributed by atoms with Crippen molar-refractivity contribution in [2.45, 2.75) is 88.3 Å². The van der Waals surface area contributed by atoms with Gasteiger partial charge in [-0.3, -0.25) is 0 Å². The van der Waals surface area contributed by atoms with Crippen LogP contribution in [0.4, 0.5) is 26.3 Å². The second kappa shape index (κ2) is 12.2. The van der Waals surface area contributed by atoms with Crippen LogP contribution in [0.15, 0.2) is 48.8 Å². The summed E-state index contributed by atoms with van der Waals surface area (Å²) in [7, 11) is 0. The average molecular weight is 619 g/mol. The molecule has 0 aromatic carbocycles. The Kier molecular flexibility index (Phi) is 9.25. The fourth-order valence-electron chi connectivity index (χ4n) is 8.41. The van der Waals surface area contributed by atoms with Gasteiger partial charge in [0, 0.05) is 23.9 Å². The van der Waals surface area contributed by atoms with E-state index < -0.39 is 35.4 Å². The van der Waals surface area contributed by atoms with Crippen molar-refractivity contribution in [1.29, 1.82) is 0 Å². The number of hydrogen-bond donors (Lipinski definition) is 2. The fourth-order valence-corrected chi connectivity index (χ4v) is 8.41. The zero-order valence-electron chi connectivity index (χ0n) is 24.6. The third-order valence-corrected chi connectivity index (χ3v) is 11.0. The highest BCUT2D eigenvalue weighted by Crippen LogP contribution is 2.56. The highest BCUT2D eigenvalue weighted by molar-refractivity contribution is 5.19. The van der Waals surface area contributed by atoms with E-state index in [9.17, 15) is 36.6 Å². The standard InChI is InChI=1S/C10H13F3O.C10H14O.C8H9F3O.C5H8O/c1-9(14,10(11,12)13)8-5-6-2-3-7(8)4-6;1-2-9-5-8(1)6-10(9)3-4-11-7-10;9-8(10,11)7(12)4-5-1-2-6(7)3-5;1-2-4-6-5-3-1/h2-3,6-8,14H,4-5H2,1H3;1-2,8-9H,3-7H2;1-2,5-6,12H,3-4H2;2,4H,1,3,5H2. The maximum Gasteiger partial charge on any atom is 0.417 e. The molecule has 2 aliphatic heterocycles. The average Bonchev–Trinajstić information content (AvgIpc) is 3.80. The summed E-state index contributed by atoms with van der Waals surface area (Å²) in [5.74, 6) is 0.508. The van der Waals surface area contributed by atoms with E-state index in [-0.39, 0.29) is 24.2 Å². The number of rotatable bonds is 1. The van der Waals surface area contributed by atoms with E-state index in [0.717, 1.165) is 45.0 Å². The van der Waals surface area contributed by atoms with E-state index >= 15 is 0 Å². The normalized spacial score (nSPS) is 42.2. The minimum atomic E-state index is -4.52. The molecule has 6 aliphatic carbocycles. The molecule has 3 saturated carbocycles. The molecule has 8 rings (SSSR count). The van der Waals surface area contributed by atoms with Crippen LogP contribution in [0.1, 0.15) is 64.7 Å². The molecule has 0 aromatic rings. The summed E-state index contributed by atoms with van der Waals surface area (Å²) in [6.07, 6.45) is 14.8. The van der Waals surface area contributed by atoms with Crippen LogP contribution in [-0.4, -0.2) is 53.6 Å². The molecule has 2 N–H and O–H groups in total. The van der Waals surface area contributed by atoms with Gasteiger partial charge in [0.15, 0.2) is 11.2 Å². The summed E-state index contributed by atoms with van der Waals surface area (Å²) in [6, 6.07) is 0. The van der Waals surface area contributed by atoms with Crippen LogP contribution in [0.2, 0.25) is 0 Å². The highest BCUT2D eigenvalue weighted by atomic mass is 19.4. The van der Waals surface area contributed by atoms with E-state index in [1.807, 2.05) is 18.2 Å². The zero-order valence-corrected chi connectivity index (χ0v) is 24.6. The van der Waals surface area contributed by atoms with Crippen molar-refractivity contribution in [1.82, 2.24) is 0 Å². The lowest BCUT2D eigenvalue weighted by molar-refractivity contribution is -0.274. The van der Waals surface area contributed by atoms with E-state index in [4.69, 9.17) is 9.47 Å². The van der Waals surface area contributed by atoms with Crippen molar-refractivity contribution in [2.24, 2.45) is 46.8 Å². The van der Waals surface area contributed by atoms with Gasteiger partial charge in [-0.05, 0) is 100 Å². The van der Waals surface area contributed by atoms with Gasteiger partial charge in [0.05, 0.1) is 19.5 Å². The topological polar surface area (TPSA) is 58.9 Å². The third kappa shape index (κ3) is 6.62. The monoisotopic (exact) mass is 618 g/mol. The van der Waals surface area contributed by atoms with Gasteiger partial charge in [0.25, 0.3) is 0 Å². The van der Waals surface area contributed by atoms with Crippen LogP contribution >= 0.6 is 0 Å². The summed E-state index contributed by atoms with van der Waals surface area (Å²) < 4.78 is 85.0. The number of hydrogen-bond acceptors (Lipinski definition) is 4. The predicted octanol–water partition coefficient (Wildman–Crippen LogP) is 7.69. The van der Waals surface area contributed by atoms with Crippen molar-refractivity contribution in [2.75, 3.05) is 19.8 Å². The first kappa shape index (κ1) is 32.6. The summed E-state index contributed by atoms with van der Waals surface area (Å²) in [6.45, 7) is 3.86. The second-order valence-electron chi connectivity index (χ2n) is 13.9. The van der Waals surface area contributed by atoms with Gasteiger partial charge in [-0.1, -0.05) is 36.5 Å². The minimum Gasteiger partial charge on any atom is -0.502 e. The quantitative estimate of drug-likeness (QED) is 0.234. The molecule has 10 atom stereocenters. The molecule has 6 bridgehead atoms. The summed E-state index contributed by atoms with van der Waals surface area (Å²) >= 11 is 0. The Morgan fingerprint density at radius 1 is 0.791 bits per heavy atom. The SMILES string of the molecule is C1=CC2CC1CC21CCOC1.C1=COCCC1.CC(O)(C1CC2C=CC1C2)C(F)(F)F.OC1(C(F)(F)F)CC2C=CC1C2. The smallest absolute Gasteiger partial charge is 0.417 e. The van der Waals surface area contributed by atoms with E-state index in [2.05, 4.69) is 12.2 Å². The van der Waals surface area contributed by atoms with Crippen molar-refractivity contribution in [3.8, 4) is 0 Å². The molecule has 0 aromatic heterocycles. The molecule has 2 heterocycles. The first-order chi connectivity index (χ1) is 20.1. The Bertz CT molecular complexity index is 1080. The van der Waals surface area contributed by atoms with Gasteiger partial charge < -0.3 is 19.7 Å². The molecular formula is C33H44F6O4. The summed E-state index contributed by atoms with van der Waals surface area (Å²) in [5.41, 5.74) is -4.37. The molecule has 10 unspecified atom stereocenters. The maximum absolute atomic E-state index is 12.5. The predicted molar refractivity (Wildman–Crippen MR) is 149 cm³/mol.